The van der Waals surface area contributed by atoms with Gasteiger partial charge in [-0.2, -0.15) is 4.89 Å². The summed E-state index contributed by atoms with van der Waals surface area (Å²) in [6, 6.07) is 13.2. The molecule has 0 radical (unpaired) electrons. The summed E-state index contributed by atoms with van der Waals surface area (Å²) in [5.41, 5.74) is -4.65. The number of carbonyl (C=O) groups excluding carboxylic acids is 5. The Morgan fingerprint density at radius 1 is 1.03 bits per heavy atom. The van der Waals surface area contributed by atoms with E-state index in [2.05, 4.69) is 21.3 Å². The topological polar surface area (TPSA) is 192 Å². The first-order valence-corrected chi connectivity index (χ1v) is 19.7. The molecule has 0 bridgehead atoms. The number of hydrogen-bond donors (Lipinski definition) is 6. The van der Waals surface area contributed by atoms with Crippen molar-refractivity contribution in [3.8, 4) is 5.75 Å². The maximum atomic E-state index is 17.6. The summed E-state index contributed by atoms with van der Waals surface area (Å²) in [4.78, 5) is 74.4. The van der Waals surface area contributed by atoms with Crippen LogP contribution in [-0.2, 0) is 35.3 Å². The molecule has 0 spiro atoms. The number of amides is 3. The van der Waals surface area contributed by atoms with E-state index in [9.17, 15) is 34.2 Å². The number of hydrogen-bond acceptors (Lipinski definition) is 10. The van der Waals surface area contributed by atoms with Crippen LogP contribution in [0.5, 0.6) is 5.75 Å². The number of fused-ring (bicyclic) bond motifs is 5. The number of Topliss-reactive ketones (excluding diaryl/α,β-unsaturated/α-hetero) is 1. The lowest BCUT2D eigenvalue weighted by Gasteiger charge is -2.63. The summed E-state index contributed by atoms with van der Waals surface area (Å²) < 4.78 is 33.4. The van der Waals surface area contributed by atoms with Crippen LogP contribution in [0.3, 0.4) is 0 Å². The zero-order valence-electron chi connectivity index (χ0n) is 33.1. The van der Waals surface area contributed by atoms with E-state index in [1.807, 2.05) is 6.07 Å². The molecule has 0 aliphatic heterocycles. The summed E-state index contributed by atoms with van der Waals surface area (Å²) in [6.45, 7) is 4.04. The van der Waals surface area contributed by atoms with E-state index >= 15 is 8.78 Å². The molecule has 3 fully saturated rings. The zero-order chi connectivity index (χ0) is 42.0. The number of ketones is 2. The highest BCUT2D eigenvalue weighted by Gasteiger charge is 2.76. The van der Waals surface area contributed by atoms with Crippen molar-refractivity contribution in [2.75, 3.05) is 32.1 Å². The monoisotopic (exact) mass is 806 g/mol. The van der Waals surface area contributed by atoms with E-state index in [0.717, 1.165) is 17.2 Å². The number of aliphatic hydroxyl groups is 2. The fraction of sp³-hybridized carbons (Fsp3) is 0.512. The van der Waals surface area contributed by atoms with Crippen LogP contribution in [0.25, 0.3) is 0 Å². The van der Waals surface area contributed by atoms with E-state index in [1.54, 1.807) is 56.4 Å². The number of anilines is 1. The quantitative estimate of drug-likeness (QED) is 0.115. The molecular weight excluding hydrogens is 754 g/mol. The molecule has 13 nitrogen and oxygen atoms in total. The van der Waals surface area contributed by atoms with E-state index in [0.29, 0.717) is 18.7 Å². The van der Waals surface area contributed by atoms with Gasteiger partial charge in [0.1, 0.15) is 18.8 Å². The van der Waals surface area contributed by atoms with Gasteiger partial charge in [0.25, 0.3) is 0 Å². The molecule has 3 amide bonds. The first-order valence-electron chi connectivity index (χ1n) is 19.7. The molecule has 2 aromatic rings. The number of rotatable bonds is 15. The molecule has 6 rings (SSSR count). The molecule has 58 heavy (non-hydrogen) atoms. The Balaban J connectivity index is 1.08. The highest BCUT2D eigenvalue weighted by Crippen LogP contribution is 2.70. The number of allylic oxidation sites excluding steroid dienone is 4. The van der Waals surface area contributed by atoms with Gasteiger partial charge in [0.2, 0.25) is 17.7 Å². The first-order chi connectivity index (χ1) is 27.5. The van der Waals surface area contributed by atoms with Crippen molar-refractivity contribution < 1.29 is 52.7 Å². The predicted molar refractivity (Wildman–Crippen MR) is 209 cm³/mol. The molecule has 3 saturated carbocycles. The summed E-state index contributed by atoms with van der Waals surface area (Å²) in [5, 5.41) is 32.5. The van der Waals surface area contributed by atoms with Crippen LogP contribution in [0.2, 0.25) is 0 Å². The number of nitrogens with one attached hydrogen (secondary N) is 4. The van der Waals surface area contributed by atoms with E-state index in [1.165, 1.54) is 26.0 Å². The molecule has 7 unspecified atom stereocenters. The van der Waals surface area contributed by atoms with Crippen LogP contribution in [0.15, 0.2) is 72.3 Å². The van der Waals surface area contributed by atoms with Crippen molar-refractivity contribution in [3.63, 3.8) is 0 Å². The minimum atomic E-state index is -2.33. The van der Waals surface area contributed by atoms with Gasteiger partial charge in [0.15, 0.2) is 28.6 Å². The summed E-state index contributed by atoms with van der Waals surface area (Å²) >= 11 is 0. The van der Waals surface area contributed by atoms with Gasteiger partial charge < -0.3 is 36.4 Å². The van der Waals surface area contributed by atoms with Crippen molar-refractivity contribution in [1.29, 1.82) is 0 Å². The summed E-state index contributed by atoms with van der Waals surface area (Å²) in [7, 11) is 1.72. The molecule has 0 heterocycles. The molecule has 2 aromatic carbocycles. The average Bonchev–Trinajstić information content (AvgIpc) is 3.49. The van der Waals surface area contributed by atoms with Gasteiger partial charge in [-0.25, -0.2) is 8.78 Å². The third-order valence-electron chi connectivity index (χ3n) is 13.0. The Bertz CT molecular complexity index is 1990. The Kier molecular flexibility index (Phi) is 12.4. The highest BCUT2D eigenvalue weighted by atomic mass is 19.1. The lowest BCUT2D eigenvalue weighted by molar-refractivity contribution is -0.323. The molecule has 6 N–H and O–H groups in total. The molecule has 9 atom stereocenters. The first kappa shape index (κ1) is 42.8. The molecular formula is C43H52F2N4O9. The molecule has 15 heteroatoms. The number of halogens is 2. The van der Waals surface area contributed by atoms with Crippen molar-refractivity contribution in [2.45, 2.75) is 88.9 Å². The van der Waals surface area contributed by atoms with Gasteiger partial charge in [-0.3, -0.25) is 24.0 Å². The number of alkyl halides is 2. The molecule has 0 saturated heterocycles. The Labute approximate surface area is 335 Å². The fourth-order valence-corrected chi connectivity index (χ4v) is 9.88. The van der Waals surface area contributed by atoms with Gasteiger partial charge >= 0.3 is 0 Å². The fourth-order valence-electron chi connectivity index (χ4n) is 9.88. The van der Waals surface area contributed by atoms with Crippen molar-refractivity contribution >= 4 is 35.0 Å². The summed E-state index contributed by atoms with van der Waals surface area (Å²) in [5.74, 6) is -3.76. The maximum Gasteiger partial charge on any atom is 0.243 e. The Morgan fingerprint density at radius 2 is 1.78 bits per heavy atom. The standard InChI is InChI=1S/C43H52F2N4O9/c1-25(48-37(54)14-17-46-4)39(56)47-23-38(55)49-28-7-5-6-27(19-28)18-26-8-10-30(11-9-26)57-58-42(36(53)24-50)16-13-31-32-21-34(44)33-20-29(51)12-15-40(33,2)43(32,45)35(52)22-41(31,42)3/h5-12,15,19-20,25,31-32,34-35,46,50,52H,13-14,16-18,21-24H2,1-4H3,(H,47,56)(H,48,54)(H,49,55)/t25?,31?,32?,34-,35?,40?,41?,42?,43-/m0/s1. The molecule has 312 valence electrons. The number of carbonyl (C=O) groups is 5. The van der Waals surface area contributed by atoms with Crippen LogP contribution in [-0.4, -0.2) is 95.8 Å². The third kappa shape index (κ3) is 7.72. The predicted octanol–water partition coefficient (Wildman–Crippen LogP) is 3.38. The van der Waals surface area contributed by atoms with Gasteiger partial charge in [0.05, 0.1) is 12.6 Å². The third-order valence-corrected chi connectivity index (χ3v) is 13.0. The normalized spacial score (nSPS) is 31.5. The van der Waals surface area contributed by atoms with Gasteiger partial charge in [-0.05, 0) is 112 Å². The summed E-state index contributed by atoms with van der Waals surface area (Å²) in [6.07, 6.45) is 0.884. The van der Waals surface area contributed by atoms with Gasteiger partial charge in [0, 0.05) is 35.4 Å². The minimum absolute atomic E-state index is 0.00731. The second-order valence-electron chi connectivity index (χ2n) is 16.4. The highest BCUT2D eigenvalue weighted by molar-refractivity contribution is 6.01. The molecule has 4 aliphatic carbocycles. The SMILES string of the molecule is CNCCC(=O)NC(C)C(=O)NCC(=O)Nc1cccc(Cc2ccc(OOC3(C(=O)CO)CCC4C5C[C@H](F)C6=CC(=O)C=CC6(C)[C@@]5(F)C(O)CC43C)cc2)c1. The van der Waals surface area contributed by atoms with Crippen molar-refractivity contribution in [1.82, 2.24) is 16.0 Å². The van der Waals surface area contributed by atoms with Crippen LogP contribution in [0.4, 0.5) is 14.5 Å². The largest absolute Gasteiger partial charge is 0.390 e. The second kappa shape index (κ2) is 16.8. The Hall–Kier alpha value is -4.83. The smallest absolute Gasteiger partial charge is 0.243 e. The van der Waals surface area contributed by atoms with E-state index in [-0.39, 0.29) is 55.9 Å². The van der Waals surface area contributed by atoms with Crippen molar-refractivity contribution in [3.05, 3.63) is 83.5 Å². The van der Waals surface area contributed by atoms with Crippen LogP contribution in [0, 0.1) is 22.7 Å². The molecule has 4 aliphatic rings. The molecule has 0 aromatic heterocycles. The lowest BCUT2D eigenvalue weighted by atomic mass is 9.44. The average molecular weight is 807 g/mol. The zero-order valence-corrected chi connectivity index (χ0v) is 33.1. The van der Waals surface area contributed by atoms with Crippen LogP contribution >= 0.6 is 0 Å². The van der Waals surface area contributed by atoms with Crippen LogP contribution in [0.1, 0.15) is 64.0 Å². The minimum Gasteiger partial charge on any atom is -0.390 e. The lowest BCUT2D eigenvalue weighted by Crippen LogP contribution is -2.70. The van der Waals surface area contributed by atoms with E-state index in [4.69, 9.17) is 9.78 Å². The number of aliphatic hydroxyl groups excluding tert-OH is 2. The maximum absolute atomic E-state index is 17.6. The van der Waals surface area contributed by atoms with Crippen LogP contribution < -0.4 is 26.2 Å². The number of benzene rings is 2. The van der Waals surface area contributed by atoms with E-state index < -0.39 is 82.2 Å². The van der Waals surface area contributed by atoms with Gasteiger partial charge in [-0.1, -0.05) is 37.3 Å². The van der Waals surface area contributed by atoms with Crippen molar-refractivity contribution in [2.24, 2.45) is 22.7 Å². The second-order valence-corrected chi connectivity index (χ2v) is 16.4. The Morgan fingerprint density at radius 3 is 2.48 bits per heavy atom. The van der Waals surface area contributed by atoms with Gasteiger partial charge in [-0.15, -0.1) is 0 Å².